The summed E-state index contributed by atoms with van der Waals surface area (Å²) in [5.41, 5.74) is 7.60. The minimum absolute atomic E-state index is 0.151. The Labute approximate surface area is 115 Å². The van der Waals surface area contributed by atoms with Crippen LogP contribution in [0.5, 0.6) is 5.75 Å². The molecule has 0 bridgehead atoms. The molecule has 0 spiro atoms. The first-order valence-corrected chi connectivity index (χ1v) is 7.04. The van der Waals surface area contributed by atoms with E-state index in [0.29, 0.717) is 0 Å². The molecule has 106 valence electrons. The lowest BCUT2D eigenvalue weighted by Gasteiger charge is -2.19. The molecule has 1 aromatic rings. The average molecular weight is 264 g/mol. The fourth-order valence-corrected chi connectivity index (χ4v) is 2.39. The van der Waals surface area contributed by atoms with E-state index < -0.39 is 0 Å². The van der Waals surface area contributed by atoms with Gasteiger partial charge in [0, 0.05) is 18.6 Å². The highest BCUT2D eigenvalue weighted by Gasteiger charge is 2.33. The lowest BCUT2D eigenvalue weighted by atomic mass is 9.91. The van der Waals surface area contributed by atoms with Crippen molar-refractivity contribution in [3.05, 3.63) is 29.8 Å². The van der Waals surface area contributed by atoms with Crippen molar-refractivity contribution in [1.82, 2.24) is 10.9 Å². The highest BCUT2D eigenvalue weighted by molar-refractivity contribution is 5.30. The molecular formula is C15H24N2O2. The summed E-state index contributed by atoms with van der Waals surface area (Å²) in [6.45, 7) is 6.44. The fourth-order valence-electron chi connectivity index (χ4n) is 2.39. The summed E-state index contributed by atoms with van der Waals surface area (Å²) in [7, 11) is 0. The highest BCUT2D eigenvalue weighted by Crippen LogP contribution is 2.29. The van der Waals surface area contributed by atoms with Gasteiger partial charge in [-0.2, -0.15) is 0 Å². The van der Waals surface area contributed by atoms with E-state index in [1.54, 1.807) is 0 Å². The molecule has 3 N–H and O–H groups in total. The lowest BCUT2D eigenvalue weighted by molar-refractivity contribution is 0.204. The Morgan fingerprint density at radius 1 is 1.26 bits per heavy atom. The van der Waals surface area contributed by atoms with Gasteiger partial charge in [0.15, 0.2) is 0 Å². The third-order valence-electron chi connectivity index (χ3n) is 3.90. The van der Waals surface area contributed by atoms with Crippen LogP contribution in [0.2, 0.25) is 0 Å². The maximum Gasteiger partial charge on any atom is 0.119 e. The molecule has 0 amide bonds. The third-order valence-corrected chi connectivity index (χ3v) is 3.90. The molecule has 1 saturated heterocycles. The smallest absolute Gasteiger partial charge is 0.119 e. The topological polar surface area (TPSA) is 53.5 Å². The number of benzene rings is 1. The number of hydrogen-bond donors (Lipinski definition) is 3. The molecule has 1 aliphatic heterocycles. The van der Waals surface area contributed by atoms with Gasteiger partial charge < -0.3 is 9.84 Å². The molecule has 4 unspecified atom stereocenters. The average Bonchev–Trinajstić information content (AvgIpc) is 2.80. The van der Waals surface area contributed by atoms with E-state index >= 15 is 0 Å². The zero-order valence-electron chi connectivity index (χ0n) is 11.9. The molecule has 0 aliphatic carbocycles. The van der Waals surface area contributed by atoms with Gasteiger partial charge in [0.25, 0.3) is 0 Å². The predicted molar refractivity (Wildman–Crippen MR) is 75.9 cm³/mol. The molecule has 1 heterocycles. The fraction of sp³-hybridized carbons (Fsp3) is 0.600. The van der Waals surface area contributed by atoms with Crippen LogP contribution in [0, 0.1) is 5.92 Å². The molecule has 19 heavy (non-hydrogen) atoms. The normalized spacial score (nSPS) is 28.3. The summed E-state index contributed by atoms with van der Waals surface area (Å²) in [5, 5.41) is 9.47. The largest absolute Gasteiger partial charge is 0.491 e. The predicted octanol–water partition coefficient (Wildman–Crippen LogP) is 2.01. The maximum absolute atomic E-state index is 9.47. The van der Waals surface area contributed by atoms with Crippen LogP contribution in [-0.2, 0) is 0 Å². The van der Waals surface area contributed by atoms with Crippen LogP contribution in [-0.4, -0.2) is 23.9 Å². The van der Waals surface area contributed by atoms with E-state index in [2.05, 4.69) is 43.8 Å². The second-order valence-corrected chi connectivity index (χ2v) is 5.31. The van der Waals surface area contributed by atoms with Crippen LogP contribution in [0.25, 0.3) is 0 Å². The number of nitrogens with one attached hydrogen (secondary N) is 2. The summed E-state index contributed by atoms with van der Waals surface area (Å²) in [6, 6.07) is 8.56. The van der Waals surface area contributed by atoms with Gasteiger partial charge in [0.05, 0.1) is 12.1 Å². The van der Waals surface area contributed by atoms with E-state index in [4.69, 9.17) is 4.74 Å². The quantitative estimate of drug-likeness (QED) is 0.761. The zero-order chi connectivity index (χ0) is 13.8. The maximum atomic E-state index is 9.47. The van der Waals surface area contributed by atoms with E-state index in [9.17, 15) is 5.11 Å². The monoisotopic (exact) mass is 264 g/mol. The van der Waals surface area contributed by atoms with Crippen molar-refractivity contribution in [3.8, 4) is 5.75 Å². The van der Waals surface area contributed by atoms with Crippen molar-refractivity contribution >= 4 is 0 Å². The van der Waals surface area contributed by atoms with Gasteiger partial charge in [0.2, 0.25) is 0 Å². The Kier molecular flexibility index (Phi) is 4.80. The first-order chi connectivity index (χ1) is 9.15. The summed E-state index contributed by atoms with van der Waals surface area (Å²) in [5.74, 6) is 1.10. The number of ether oxygens (including phenoxy) is 1. The number of hydrogen-bond acceptors (Lipinski definition) is 4. The van der Waals surface area contributed by atoms with E-state index in [0.717, 1.165) is 12.2 Å². The molecule has 0 saturated carbocycles. The molecule has 1 aromatic carbocycles. The standard InChI is InChI=1S/C15H24N2O2/c1-4-10(2)19-13-7-5-12(6-8-13)15-14(9-18)11(3)16-17-15/h5-8,10-11,14-18H,4,9H2,1-3H3. The molecule has 1 fully saturated rings. The van der Waals surface area contributed by atoms with Gasteiger partial charge >= 0.3 is 0 Å². The van der Waals surface area contributed by atoms with Gasteiger partial charge in [0.1, 0.15) is 5.75 Å². The van der Waals surface area contributed by atoms with Gasteiger partial charge in [-0.05, 0) is 38.0 Å². The third kappa shape index (κ3) is 3.26. The van der Waals surface area contributed by atoms with Crippen LogP contribution < -0.4 is 15.6 Å². The molecule has 0 radical (unpaired) electrons. The lowest BCUT2D eigenvalue weighted by Crippen LogP contribution is -2.29. The van der Waals surface area contributed by atoms with Crippen LogP contribution in [0.4, 0.5) is 0 Å². The van der Waals surface area contributed by atoms with E-state index in [1.807, 2.05) is 12.1 Å². The van der Waals surface area contributed by atoms with Crippen molar-refractivity contribution in [1.29, 1.82) is 0 Å². The van der Waals surface area contributed by atoms with Crippen LogP contribution >= 0.6 is 0 Å². The number of aliphatic hydroxyl groups is 1. The zero-order valence-corrected chi connectivity index (χ0v) is 11.9. The Morgan fingerprint density at radius 3 is 2.53 bits per heavy atom. The number of aliphatic hydroxyl groups excluding tert-OH is 1. The number of hydrazine groups is 1. The summed E-state index contributed by atoms with van der Waals surface area (Å²) >= 11 is 0. The number of rotatable bonds is 5. The van der Waals surface area contributed by atoms with Crippen molar-refractivity contribution in [2.45, 2.75) is 45.4 Å². The van der Waals surface area contributed by atoms with Crippen molar-refractivity contribution in [2.24, 2.45) is 5.92 Å². The molecule has 1 aliphatic rings. The van der Waals surface area contributed by atoms with Gasteiger partial charge in [-0.3, -0.25) is 5.43 Å². The highest BCUT2D eigenvalue weighted by atomic mass is 16.5. The molecule has 4 heteroatoms. The Bertz CT molecular complexity index is 394. The summed E-state index contributed by atoms with van der Waals surface area (Å²) in [6.07, 6.45) is 1.24. The van der Waals surface area contributed by atoms with E-state index in [-0.39, 0.29) is 30.7 Å². The Balaban J connectivity index is 2.06. The van der Waals surface area contributed by atoms with Crippen molar-refractivity contribution in [2.75, 3.05) is 6.61 Å². The Morgan fingerprint density at radius 2 is 1.95 bits per heavy atom. The summed E-state index contributed by atoms with van der Waals surface area (Å²) < 4.78 is 5.77. The minimum atomic E-state index is 0.151. The minimum Gasteiger partial charge on any atom is -0.491 e. The van der Waals surface area contributed by atoms with Gasteiger partial charge in [-0.1, -0.05) is 19.1 Å². The van der Waals surface area contributed by atoms with Crippen LogP contribution in [0.3, 0.4) is 0 Å². The first-order valence-electron chi connectivity index (χ1n) is 7.04. The van der Waals surface area contributed by atoms with Crippen LogP contribution in [0.1, 0.15) is 38.8 Å². The second kappa shape index (κ2) is 6.37. The van der Waals surface area contributed by atoms with Crippen molar-refractivity contribution in [3.63, 3.8) is 0 Å². The molecule has 4 atom stereocenters. The SMILES string of the molecule is CCC(C)Oc1ccc(C2NNC(C)C2CO)cc1. The molecule has 2 rings (SSSR count). The summed E-state index contributed by atoms with van der Waals surface area (Å²) in [4.78, 5) is 0. The Hall–Kier alpha value is -1.10. The van der Waals surface area contributed by atoms with Crippen molar-refractivity contribution < 1.29 is 9.84 Å². The van der Waals surface area contributed by atoms with Crippen LogP contribution in [0.15, 0.2) is 24.3 Å². The molecular weight excluding hydrogens is 240 g/mol. The van der Waals surface area contributed by atoms with E-state index in [1.165, 1.54) is 5.56 Å². The second-order valence-electron chi connectivity index (χ2n) is 5.31. The van der Waals surface area contributed by atoms with Gasteiger partial charge in [-0.25, -0.2) is 5.43 Å². The van der Waals surface area contributed by atoms with Gasteiger partial charge in [-0.15, -0.1) is 0 Å². The molecule has 0 aromatic heterocycles. The first kappa shape index (κ1) is 14.3. The molecule has 4 nitrogen and oxygen atoms in total.